The van der Waals surface area contributed by atoms with E-state index >= 15 is 0 Å². The molecule has 0 unspecified atom stereocenters. The van der Waals surface area contributed by atoms with Crippen LogP contribution >= 0.6 is 11.6 Å². The van der Waals surface area contributed by atoms with Crippen LogP contribution in [0.1, 0.15) is 15.9 Å². The summed E-state index contributed by atoms with van der Waals surface area (Å²) in [6.07, 6.45) is -3.54. The lowest BCUT2D eigenvalue weighted by molar-refractivity contribution is -0.137. The molecule has 5 heterocycles. The number of hydrogen-bond donors (Lipinski definition) is 1. The summed E-state index contributed by atoms with van der Waals surface area (Å²) in [4.78, 5) is 39.8. The van der Waals surface area contributed by atoms with Crippen LogP contribution in [0.15, 0.2) is 24.8 Å². The van der Waals surface area contributed by atoms with Gasteiger partial charge in [-0.3, -0.25) is 9.59 Å². The number of carbonyl (C=O) groups excluding carboxylic acids is 2. The van der Waals surface area contributed by atoms with Crippen molar-refractivity contribution in [1.29, 1.82) is 0 Å². The highest BCUT2D eigenvalue weighted by Crippen LogP contribution is 2.46. The number of hydrogen-bond acceptors (Lipinski definition) is 8. The summed E-state index contributed by atoms with van der Waals surface area (Å²) in [5.41, 5.74) is -1.70. The topological polar surface area (TPSA) is 100 Å². The first-order valence-corrected chi connectivity index (χ1v) is 12.7. The Morgan fingerprint density at radius 3 is 2.59 bits per heavy atom. The second-order valence-corrected chi connectivity index (χ2v) is 9.57. The molecule has 0 saturated carbocycles. The second kappa shape index (κ2) is 10.5. The average Bonchev–Trinajstić information content (AvgIpc) is 3.09. The summed E-state index contributed by atoms with van der Waals surface area (Å²) >= 11 is 6.72. The van der Waals surface area contributed by atoms with Gasteiger partial charge in [0.05, 0.1) is 24.8 Å². The van der Waals surface area contributed by atoms with Gasteiger partial charge < -0.3 is 29.5 Å². The highest BCUT2D eigenvalue weighted by Gasteiger charge is 2.42. The van der Waals surface area contributed by atoms with Gasteiger partial charge in [-0.1, -0.05) is 18.2 Å². The Hall–Kier alpha value is -3.58. The summed E-state index contributed by atoms with van der Waals surface area (Å²) in [7, 11) is 1.53. The van der Waals surface area contributed by atoms with Crippen LogP contribution in [0.3, 0.4) is 0 Å². The minimum Gasteiger partial charge on any atom is -0.489 e. The van der Waals surface area contributed by atoms with Crippen LogP contribution in [0.2, 0.25) is 5.02 Å². The first-order chi connectivity index (χ1) is 18.6. The van der Waals surface area contributed by atoms with Crippen molar-refractivity contribution in [3.63, 3.8) is 0 Å². The van der Waals surface area contributed by atoms with Crippen LogP contribution in [0, 0.1) is 0 Å². The average molecular weight is 567 g/mol. The molecular formula is C25H26ClF3N6O4. The number of nitrogens with one attached hydrogen (secondary N) is 1. The summed E-state index contributed by atoms with van der Waals surface area (Å²) < 4.78 is 53.7. The van der Waals surface area contributed by atoms with Crippen molar-refractivity contribution >= 4 is 35.1 Å². The summed E-state index contributed by atoms with van der Waals surface area (Å²) in [5.74, 6) is -0.426. The molecule has 10 nitrogen and oxygen atoms in total. The molecule has 5 rings (SSSR count). The maximum atomic E-state index is 14.1. The number of pyridine rings is 2. The van der Waals surface area contributed by atoms with Crippen molar-refractivity contribution in [2.45, 2.75) is 12.2 Å². The van der Waals surface area contributed by atoms with Gasteiger partial charge in [-0.15, -0.1) is 0 Å². The van der Waals surface area contributed by atoms with E-state index in [0.29, 0.717) is 32.8 Å². The number of amides is 2. The summed E-state index contributed by atoms with van der Waals surface area (Å²) in [5, 5.41) is 2.49. The molecule has 2 amide bonds. The molecule has 0 aliphatic carbocycles. The normalized spacial score (nSPS) is 19.6. The third kappa shape index (κ3) is 4.96. The van der Waals surface area contributed by atoms with Gasteiger partial charge in [-0.25, -0.2) is 9.97 Å². The molecule has 0 aromatic carbocycles. The Balaban J connectivity index is 1.68. The molecule has 0 bridgehead atoms. The third-order valence-corrected chi connectivity index (χ3v) is 7.28. The minimum atomic E-state index is -4.75. The SMILES string of the molecule is C=CC(=O)N1CCN2C(=O)c3c(N4CCOCC4)nc(-c4nc(NC)ccc4C(F)(F)F)c(Cl)c3OC[C@H]2C1. The van der Waals surface area contributed by atoms with Crippen LogP contribution in [-0.4, -0.2) is 97.2 Å². The molecule has 2 aromatic heterocycles. The molecule has 14 heteroatoms. The summed E-state index contributed by atoms with van der Waals surface area (Å²) in [6, 6.07) is 1.61. The number of rotatable bonds is 4. The summed E-state index contributed by atoms with van der Waals surface area (Å²) in [6.45, 7) is 5.63. The van der Waals surface area contributed by atoms with E-state index in [9.17, 15) is 22.8 Å². The Labute approximate surface area is 227 Å². The van der Waals surface area contributed by atoms with E-state index in [1.165, 1.54) is 19.2 Å². The van der Waals surface area contributed by atoms with Gasteiger partial charge in [0.15, 0.2) is 5.75 Å². The standard InChI is InChI=1S/C25H26ClF3N6O4/c1-3-17(36)34-6-7-35-14(12-34)13-39-22-18(24(35)37)23(33-8-10-38-11-9-33)32-21(19(22)26)20-15(25(27,28)29)4-5-16(30-2)31-20/h3-5,14H,1,6-13H2,2H3,(H,30,31)/t14-/m1/s1. The van der Waals surface area contributed by atoms with Gasteiger partial charge >= 0.3 is 6.18 Å². The largest absolute Gasteiger partial charge is 0.489 e. The maximum absolute atomic E-state index is 14.1. The van der Waals surface area contributed by atoms with Crippen molar-refractivity contribution in [1.82, 2.24) is 19.8 Å². The van der Waals surface area contributed by atoms with E-state index in [2.05, 4.69) is 21.9 Å². The van der Waals surface area contributed by atoms with E-state index < -0.39 is 29.4 Å². The number of aromatic nitrogens is 2. The highest BCUT2D eigenvalue weighted by atomic mass is 35.5. The van der Waals surface area contributed by atoms with Crippen molar-refractivity contribution in [2.24, 2.45) is 0 Å². The fraction of sp³-hybridized carbons (Fsp3) is 0.440. The molecule has 3 aliphatic rings. The van der Waals surface area contributed by atoms with Crippen molar-refractivity contribution < 1.29 is 32.2 Å². The molecule has 0 spiro atoms. The van der Waals surface area contributed by atoms with Gasteiger partial charge in [0.2, 0.25) is 5.91 Å². The monoisotopic (exact) mass is 566 g/mol. The van der Waals surface area contributed by atoms with Gasteiger partial charge in [-0.05, 0) is 18.2 Å². The molecule has 2 fully saturated rings. The lowest BCUT2D eigenvalue weighted by Crippen LogP contribution is -2.57. The van der Waals surface area contributed by atoms with Crippen LogP contribution in [0.5, 0.6) is 5.75 Å². The predicted octanol–water partition coefficient (Wildman–Crippen LogP) is 2.93. The van der Waals surface area contributed by atoms with E-state index in [4.69, 9.17) is 21.1 Å². The van der Waals surface area contributed by atoms with E-state index in [-0.39, 0.29) is 59.3 Å². The number of ether oxygens (including phenoxy) is 2. The van der Waals surface area contributed by atoms with Crippen LogP contribution in [0.4, 0.5) is 24.8 Å². The number of carbonyl (C=O) groups is 2. The molecule has 208 valence electrons. The second-order valence-electron chi connectivity index (χ2n) is 9.19. The van der Waals surface area contributed by atoms with Gasteiger partial charge in [0.1, 0.15) is 40.2 Å². The number of piperazine rings is 1. The predicted molar refractivity (Wildman–Crippen MR) is 137 cm³/mol. The zero-order valence-corrected chi connectivity index (χ0v) is 21.8. The minimum absolute atomic E-state index is 0.0263. The maximum Gasteiger partial charge on any atom is 0.418 e. The Morgan fingerprint density at radius 2 is 1.92 bits per heavy atom. The molecule has 2 aromatic rings. The van der Waals surface area contributed by atoms with E-state index in [1.807, 2.05) is 0 Å². The van der Waals surface area contributed by atoms with Gasteiger partial charge in [0.25, 0.3) is 5.91 Å². The van der Waals surface area contributed by atoms with Crippen LogP contribution < -0.4 is 15.0 Å². The van der Waals surface area contributed by atoms with Crippen LogP contribution in [-0.2, 0) is 15.7 Å². The highest BCUT2D eigenvalue weighted by molar-refractivity contribution is 6.35. The molecule has 1 atom stereocenters. The fourth-order valence-corrected chi connectivity index (χ4v) is 5.23. The van der Waals surface area contributed by atoms with Gasteiger partial charge in [-0.2, -0.15) is 13.2 Å². The Morgan fingerprint density at radius 1 is 1.18 bits per heavy atom. The van der Waals surface area contributed by atoms with Crippen LogP contribution in [0.25, 0.3) is 11.4 Å². The number of halogens is 4. The zero-order valence-electron chi connectivity index (χ0n) is 21.1. The molecular weight excluding hydrogens is 541 g/mol. The van der Waals surface area contributed by atoms with Gasteiger partial charge in [0, 0.05) is 39.8 Å². The first kappa shape index (κ1) is 27.0. The number of morpholine rings is 1. The smallest absolute Gasteiger partial charge is 0.418 e. The lowest BCUT2D eigenvalue weighted by atomic mass is 10.1. The molecule has 2 saturated heterocycles. The van der Waals surface area contributed by atoms with Crippen molar-refractivity contribution in [3.05, 3.63) is 40.9 Å². The number of fused-ring (bicyclic) bond motifs is 2. The quantitative estimate of drug-likeness (QED) is 0.564. The van der Waals surface area contributed by atoms with E-state index in [1.54, 1.807) is 14.7 Å². The van der Waals surface area contributed by atoms with Crippen molar-refractivity contribution in [3.8, 4) is 17.1 Å². The molecule has 0 radical (unpaired) electrons. The third-order valence-electron chi connectivity index (χ3n) is 6.93. The zero-order chi connectivity index (χ0) is 27.9. The Bertz CT molecular complexity index is 1320. The lowest BCUT2D eigenvalue weighted by Gasteiger charge is -2.39. The number of anilines is 2. The first-order valence-electron chi connectivity index (χ1n) is 12.3. The number of alkyl halides is 3. The number of nitrogens with zero attached hydrogens (tertiary/aromatic N) is 5. The molecule has 3 aliphatic heterocycles. The van der Waals surface area contributed by atoms with Crippen molar-refractivity contribution in [2.75, 3.05) is 69.8 Å². The fourth-order valence-electron chi connectivity index (χ4n) is 4.94. The molecule has 39 heavy (non-hydrogen) atoms. The molecule has 1 N–H and O–H groups in total. The van der Waals surface area contributed by atoms with E-state index in [0.717, 1.165) is 6.07 Å². The Kier molecular flexibility index (Phi) is 7.29.